The Morgan fingerprint density at radius 3 is 2.08 bits per heavy atom. The summed E-state index contributed by atoms with van der Waals surface area (Å²) in [5.74, 6) is 1.38. The fraction of sp³-hybridized carbons (Fsp3) is 0.400. The molecule has 140 valence electrons. The van der Waals surface area contributed by atoms with Gasteiger partial charge in [0.25, 0.3) is 0 Å². The average Bonchev–Trinajstić information content (AvgIpc) is 3.02. The zero-order valence-corrected chi connectivity index (χ0v) is 16.9. The van der Waals surface area contributed by atoms with E-state index >= 15 is 0 Å². The highest BCUT2D eigenvalue weighted by Gasteiger charge is 2.32. The molecule has 1 saturated heterocycles. The largest absolute Gasteiger partial charge is 0.497 e. The molecule has 0 bridgehead atoms. The number of nitrogens with zero attached hydrogens (tertiary/aromatic N) is 1. The van der Waals surface area contributed by atoms with E-state index in [1.807, 2.05) is 24.3 Å². The van der Waals surface area contributed by atoms with Crippen LogP contribution in [-0.4, -0.2) is 44.2 Å². The van der Waals surface area contributed by atoms with Gasteiger partial charge in [0.2, 0.25) is 0 Å². The lowest BCUT2D eigenvalue weighted by Gasteiger charge is -2.28. The summed E-state index contributed by atoms with van der Waals surface area (Å²) >= 11 is 1.72. The van der Waals surface area contributed by atoms with Crippen molar-refractivity contribution >= 4 is 21.6 Å². The standard InChI is InChI=1S/C20H25NO3S2/c1-24-19-7-3-16(4-8-19)13-21(18-11-12-26(22,23)15-18)14-17-5-9-20(25-2)10-6-17/h3-10,18H,11-15H2,1-2H3. The van der Waals surface area contributed by atoms with Crippen LogP contribution in [0.5, 0.6) is 5.75 Å². The number of sulfone groups is 1. The number of thioether (sulfide) groups is 1. The molecule has 0 aromatic heterocycles. The topological polar surface area (TPSA) is 46.6 Å². The quantitative estimate of drug-likeness (QED) is 0.675. The van der Waals surface area contributed by atoms with Gasteiger partial charge in [-0.15, -0.1) is 11.8 Å². The van der Waals surface area contributed by atoms with Crippen molar-refractivity contribution in [3.8, 4) is 5.75 Å². The first-order valence-corrected chi connectivity index (χ1v) is 11.7. The minimum absolute atomic E-state index is 0.0716. The van der Waals surface area contributed by atoms with E-state index in [1.165, 1.54) is 10.5 Å². The first-order chi connectivity index (χ1) is 12.5. The molecule has 4 nitrogen and oxygen atoms in total. The van der Waals surface area contributed by atoms with Crippen LogP contribution in [0.25, 0.3) is 0 Å². The maximum Gasteiger partial charge on any atom is 0.151 e. The first-order valence-electron chi connectivity index (χ1n) is 8.69. The van der Waals surface area contributed by atoms with Crippen LogP contribution in [0.2, 0.25) is 0 Å². The molecule has 0 aliphatic carbocycles. The monoisotopic (exact) mass is 391 g/mol. The lowest BCUT2D eigenvalue weighted by Crippen LogP contribution is -2.35. The van der Waals surface area contributed by atoms with Gasteiger partial charge in [-0.1, -0.05) is 24.3 Å². The van der Waals surface area contributed by atoms with Gasteiger partial charge < -0.3 is 4.74 Å². The van der Waals surface area contributed by atoms with Crippen LogP contribution in [0.1, 0.15) is 17.5 Å². The summed E-state index contributed by atoms with van der Waals surface area (Å²) in [7, 11) is -1.26. The molecule has 0 radical (unpaired) electrons. The van der Waals surface area contributed by atoms with Gasteiger partial charge in [0.15, 0.2) is 9.84 Å². The van der Waals surface area contributed by atoms with Crippen molar-refractivity contribution in [3.63, 3.8) is 0 Å². The molecule has 2 aromatic rings. The van der Waals surface area contributed by atoms with E-state index in [-0.39, 0.29) is 11.8 Å². The molecule has 6 heteroatoms. The highest BCUT2D eigenvalue weighted by atomic mass is 32.2. The fourth-order valence-electron chi connectivity index (χ4n) is 3.31. The van der Waals surface area contributed by atoms with E-state index in [0.717, 1.165) is 24.4 Å². The highest BCUT2D eigenvalue weighted by Crippen LogP contribution is 2.24. The smallest absolute Gasteiger partial charge is 0.151 e. The molecule has 0 amide bonds. The van der Waals surface area contributed by atoms with Crippen molar-refractivity contribution in [1.82, 2.24) is 4.90 Å². The van der Waals surface area contributed by atoms with Crippen LogP contribution in [0.3, 0.4) is 0 Å². The molecular weight excluding hydrogens is 366 g/mol. The molecule has 0 N–H and O–H groups in total. The van der Waals surface area contributed by atoms with E-state index in [1.54, 1.807) is 18.9 Å². The van der Waals surface area contributed by atoms with E-state index in [2.05, 4.69) is 35.4 Å². The molecular formula is C20H25NO3S2. The minimum atomic E-state index is -2.91. The van der Waals surface area contributed by atoms with Crippen LogP contribution < -0.4 is 4.74 Å². The summed E-state index contributed by atoms with van der Waals surface area (Å²) in [6.45, 7) is 1.48. The summed E-state index contributed by atoms with van der Waals surface area (Å²) in [5, 5.41) is 0. The Bertz CT molecular complexity index is 768. The molecule has 1 aliphatic heterocycles. The Balaban J connectivity index is 1.78. The number of hydrogen-bond donors (Lipinski definition) is 0. The van der Waals surface area contributed by atoms with Gasteiger partial charge >= 0.3 is 0 Å². The lowest BCUT2D eigenvalue weighted by molar-refractivity contribution is 0.194. The summed E-state index contributed by atoms with van der Waals surface area (Å²) < 4.78 is 29.2. The Morgan fingerprint density at radius 1 is 1.04 bits per heavy atom. The van der Waals surface area contributed by atoms with Crippen LogP contribution in [0, 0.1) is 0 Å². The van der Waals surface area contributed by atoms with Crippen molar-refractivity contribution in [2.24, 2.45) is 0 Å². The van der Waals surface area contributed by atoms with Gasteiger partial charge in [0, 0.05) is 24.0 Å². The molecule has 1 fully saturated rings. The number of methoxy groups -OCH3 is 1. The molecule has 1 unspecified atom stereocenters. The Hall–Kier alpha value is -1.50. The van der Waals surface area contributed by atoms with Crippen molar-refractivity contribution < 1.29 is 13.2 Å². The molecule has 1 atom stereocenters. The van der Waals surface area contributed by atoms with E-state index in [0.29, 0.717) is 12.2 Å². The Morgan fingerprint density at radius 2 is 1.62 bits per heavy atom. The van der Waals surface area contributed by atoms with Crippen LogP contribution >= 0.6 is 11.8 Å². The second kappa shape index (κ2) is 8.46. The second-order valence-corrected chi connectivity index (χ2v) is 9.77. The van der Waals surface area contributed by atoms with Gasteiger partial charge in [-0.05, 0) is 48.1 Å². The zero-order valence-electron chi connectivity index (χ0n) is 15.2. The van der Waals surface area contributed by atoms with Crippen LogP contribution in [-0.2, 0) is 22.9 Å². The van der Waals surface area contributed by atoms with Crippen molar-refractivity contribution in [2.45, 2.75) is 30.4 Å². The Labute approximate surface area is 160 Å². The normalized spacial score (nSPS) is 19.0. The summed E-state index contributed by atoms with van der Waals surface area (Å²) in [4.78, 5) is 3.53. The fourth-order valence-corrected chi connectivity index (χ4v) is 5.48. The molecule has 1 aliphatic rings. The molecule has 0 spiro atoms. The number of benzene rings is 2. The highest BCUT2D eigenvalue weighted by molar-refractivity contribution is 7.98. The summed E-state index contributed by atoms with van der Waals surface area (Å²) in [6, 6.07) is 16.6. The molecule has 0 saturated carbocycles. The summed E-state index contributed by atoms with van der Waals surface area (Å²) in [6.07, 6.45) is 2.77. The first kappa shape index (κ1) is 19.3. The molecule has 2 aromatic carbocycles. The van der Waals surface area contributed by atoms with Gasteiger partial charge in [-0.2, -0.15) is 0 Å². The minimum Gasteiger partial charge on any atom is -0.497 e. The maximum atomic E-state index is 12.0. The van der Waals surface area contributed by atoms with Gasteiger partial charge in [-0.3, -0.25) is 4.90 Å². The van der Waals surface area contributed by atoms with Crippen molar-refractivity contribution in [3.05, 3.63) is 59.7 Å². The van der Waals surface area contributed by atoms with Gasteiger partial charge in [0.1, 0.15) is 5.75 Å². The number of hydrogen-bond acceptors (Lipinski definition) is 5. The molecule has 26 heavy (non-hydrogen) atoms. The third-order valence-corrected chi connectivity index (χ3v) is 7.31. The third kappa shape index (κ3) is 5.02. The lowest BCUT2D eigenvalue weighted by atomic mass is 10.1. The summed E-state index contributed by atoms with van der Waals surface area (Å²) in [5.41, 5.74) is 2.37. The maximum absolute atomic E-state index is 12.0. The Kier molecular flexibility index (Phi) is 6.27. The predicted octanol–water partition coefficient (Wildman–Crippen LogP) is 3.61. The second-order valence-electron chi connectivity index (χ2n) is 6.66. The number of ether oxygens (including phenoxy) is 1. The van der Waals surface area contributed by atoms with Gasteiger partial charge in [0.05, 0.1) is 18.6 Å². The SMILES string of the molecule is COc1ccc(CN(Cc2ccc(SC)cc2)C2CCS(=O)(=O)C2)cc1. The molecule has 1 heterocycles. The third-order valence-electron chi connectivity index (χ3n) is 4.81. The zero-order chi connectivity index (χ0) is 18.6. The van der Waals surface area contributed by atoms with E-state index in [9.17, 15) is 8.42 Å². The number of rotatable bonds is 7. The van der Waals surface area contributed by atoms with Crippen molar-refractivity contribution in [1.29, 1.82) is 0 Å². The average molecular weight is 392 g/mol. The van der Waals surface area contributed by atoms with E-state index < -0.39 is 9.84 Å². The van der Waals surface area contributed by atoms with Crippen LogP contribution in [0.4, 0.5) is 0 Å². The van der Waals surface area contributed by atoms with Crippen LogP contribution in [0.15, 0.2) is 53.4 Å². The van der Waals surface area contributed by atoms with E-state index in [4.69, 9.17) is 4.74 Å². The van der Waals surface area contributed by atoms with Crippen molar-refractivity contribution in [2.75, 3.05) is 24.9 Å². The van der Waals surface area contributed by atoms with Gasteiger partial charge in [-0.25, -0.2) is 8.42 Å². The predicted molar refractivity (Wildman–Crippen MR) is 108 cm³/mol. The molecule has 3 rings (SSSR count).